The number of nitrogens with zero attached hydrogens (tertiary/aromatic N) is 3. The molecule has 6 heteroatoms. The maximum absolute atomic E-state index is 5.24. The van der Waals surface area contributed by atoms with Crippen molar-refractivity contribution in [2.75, 3.05) is 17.2 Å². The highest BCUT2D eigenvalue weighted by atomic mass is 16.5. The summed E-state index contributed by atoms with van der Waals surface area (Å²) in [6.45, 7) is 12.7. The van der Waals surface area contributed by atoms with E-state index in [1.165, 1.54) is 0 Å². The number of hydrogen-bond acceptors (Lipinski definition) is 6. The molecule has 2 N–H and O–H groups in total. The van der Waals surface area contributed by atoms with Crippen molar-refractivity contribution in [3.63, 3.8) is 0 Å². The lowest BCUT2D eigenvalue weighted by Gasteiger charge is -2.18. The molecule has 2 heterocycles. The zero-order valence-electron chi connectivity index (χ0n) is 13.5. The van der Waals surface area contributed by atoms with Crippen LogP contribution in [0.2, 0.25) is 0 Å². The number of aryl methyl sites for hydroxylation is 3. The third-order valence-electron chi connectivity index (χ3n) is 3.48. The molecule has 0 saturated heterocycles. The molecule has 0 fully saturated rings. The lowest BCUT2D eigenvalue weighted by atomic mass is 10.1. The van der Waals surface area contributed by atoms with E-state index >= 15 is 0 Å². The van der Waals surface area contributed by atoms with E-state index in [0.29, 0.717) is 0 Å². The van der Waals surface area contributed by atoms with Crippen LogP contribution in [0, 0.1) is 27.7 Å². The topological polar surface area (TPSA) is 75.9 Å². The van der Waals surface area contributed by atoms with Gasteiger partial charge in [0.25, 0.3) is 0 Å². The van der Waals surface area contributed by atoms with Gasteiger partial charge in [0.05, 0.1) is 11.7 Å². The van der Waals surface area contributed by atoms with Crippen molar-refractivity contribution in [1.29, 1.82) is 0 Å². The minimum absolute atomic E-state index is 0.0683. The highest BCUT2D eigenvalue weighted by Crippen LogP contribution is 2.27. The van der Waals surface area contributed by atoms with Gasteiger partial charge in [-0.15, -0.1) is 0 Å². The summed E-state index contributed by atoms with van der Waals surface area (Å²) in [7, 11) is 0. The molecule has 0 amide bonds. The summed E-state index contributed by atoms with van der Waals surface area (Å²) >= 11 is 0. The molecule has 2 aromatic heterocycles. The second-order valence-electron chi connectivity index (χ2n) is 5.23. The predicted molar refractivity (Wildman–Crippen MR) is 83.7 cm³/mol. The van der Waals surface area contributed by atoms with Crippen LogP contribution in [0.5, 0.6) is 0 Å². The lowest BCUT2D eigenvalue weighted by molar-refractivity contribution is 0.392. The van der Waals surface area contributed by atoms with Gasteiger partial charge in [0.15, 0.2) is 0 Å². The molecule has 0 radical (unpaired) electrons. The molecule has 6 nitrogen and oxygen atoms in total. The summed E-state index contributed by atoms with van der Waals surface area (Å²) in [5, 5.41) is 10.7. The van der Waals surface area contributed by atoms with E-state index in [-0.39, 0.29) is 6.04 Å². The quantitative estimate of drug-likeness (QED) is 0.879. The summed E-state index contributed by atoms with van der Waals surface area (Å²) in [4.78, 5) is 8.95. The average molecular weight is 289 g/mol. The first-order valence-corrected chi connectivity index (χ1v) is 7.22. The van der Waals surface area contributed by atoms with Crippen molar-refractivity contribution in [3.8, 4) is 0 Å². The fourth-order valence-corrected chi connectivity index (χ4v) is 2.49. The second kappa shape index (κ2) is 6.11. The summed E-state index contributed by atoms with van der Waals surface area (Å²) in [6, 6.07) is 0.0683. The van der Waals surface area contributed by atoms with Gasteiger partial charge in [-0.05, 0) is 41.5 Å². The average Bonchev–Trinajstić information content (AvgIpc) is 2.75. The molecule has 114 valence electrons. The fourth-order valence-electron chi connectivity index (χ4n) is 2.49. The minimum Gasteiger partial charge on any atom is -0.370 e. The molecule has 1 unspecified atom stereocenters. The van der Waals surface area contributed by atoms with Crippen LogP contribution >= 0.6 is 0 Å². The molecule has 0 spiro atoms. The highest BCUT2D eigenvalue weighted by molar-refractivity contribution is 5.58. The Kier molecular flexibility index (Phi) is 4.45. The predicted octanol–water partition coefficient (Wildman–Crippen LogP) is 3.30. The number of rotatable bonds is 5. The minimum atomic E-state index is 0.0683. The van der Waals surface area contributed by atoms with E-state index in [4.69, 9.17) is 4.52 Å². The van der Waals surface area contributed by atoms with E-state index in [2.05, 4.69) is 39.6 Å². The van der Waals surface area contributed by atoms with E-state index in [0.717, 1.165) is 46.6 Å². The smallest absolute Gasteiger partial charge is 0.139 e. The molecule has 2 rings (SSSR count). The van der Waals surface area contributed by atoms with Crippen LogP contribution < -0.4 is 10.6 Å². The van der Waals surface area contributed by atoms with Gasteiger partial charge in [-0.25, -0.2) is 9.97 Å². The largest absolute Gasteiger partial charge is 0.370 e. The molecule has 0 saturated carbocycles. The Morgan fingerprint density at radius 3 is 2.33 bits per heavy atom. The number of aromatic nitrogens is 3. The normalized spacial score (nSPS) is 12.3. The van der Waals surface area contributed by atoms with E-state index in [1.807, 2.05) is 27.7 Å². The molecule has 21 heavy (non-hydrogen) atoms. The SMILES string of the molecule is CCNc1nc(C)nc(NC(C)c2c(C)noc2C)c1C. The molecule has 2 aromatic rings. The van der Waals surface area contributed by atoms with E-state index in [9.17, 15) is 0 Å². The van der Waals surface area contributed by atoms with Crippen LogP contribution in [0.25, 0.3) is 0 Å². The van der Waals surface area contributed by atoms with Crippen molar-refractivity contribution < 1.29 is 4.52 Å². The number of hydrogen-bond donors (Lipinski definition) is 2. The van der Waals surface area contributed by atoms with Gasteiger partial charge in [-0.1, -0.05) is 5.16 Å². The Morgan fingerprint density at radius 1 is 1.10 bits per heavy atom. The van der Waals surface area contributed by atoms with Crippen molar-refractivity contribution >= 4 is 11.6 Å². The zero-order chi connectivity index (χ0) is 15.6. The molecule has 0 aliphatic rings. The fraction of sp³-hybridized carbons (Fsp3) is 0.533. The third kappa shape index (κ3) is 3.15. The molecular formula is C15H23N5O. The Hall–Kier alpha value is -2.11. The second-order valence-corrected chi connectivity index (χ2v) is 5.23. The van der Waals surface area contributed by atoms with Crippen LogP contribution in [-0.4, -0.2) is 21.7 Å². The highest BCUT2D eigenvalue weighted by Gasteiger charge is 2.18. The van der Waals surface area contributed by atoms with Gasteiger partial charge in [-0.2, -0.15) is 0 Å². The van der Waals surface area contributed by atoms with Gasteiger partial charge in [-0.3, -0.25) is 0 Å². The summed E-state index contributed by atoms with van der Waals surface area (Å²) in [6.07, 6.45) is 0. The van der Waals surface area contributed by atoms with Crippen LogP contribution in [0.3, 0.4) is 0 Å². The van der Waals surface area contributed by atoms with E-state index in [1.54, 1.807) is 0 Å². The molecule has 0 bridgehead atoms. The maximum Gasteiger partial charge on any atom is 0.139 e. The van der Waals surface area contributed by atoms with Crippen LogP contribution in [0.4, 0.5) is 11.6 Å². The summed E-state index contributed by atoms with van der Waals surface area (Å²) < 4.78 is 5.24. The first-order valence-electron chi connectivity index (χ1n) is 7.22. The monoisotopic (exact) mass is 289 g/mol. The lowest BCUT2D eigenvalue weighted by Crippen LogP contribution is -2.13. The zero-order valence-corrected chi connectivity index (χ0v) is 13.5. The summed E-state index contributed by atoms with van der Waals surface area (Å²) in [5.41, 5.74) is 3.00. The van der Waals surface area contributed by atoms with Crippen molar-refractivity contribution in [3.05, 3.63) is 28.4 Å². The van der Waals surface area contributed by atoms with Gasteiger partial charge in [0.1, 0.15) is 23.2 Å². The first kappa shape index (κ1) is 15.3. The Balaban J connectivity index is 2.31. The van der Waals surface area contributed by atoms with Crippen LogP contribution in [0.15, 0.2) is 4.52 Å². The van der Waals surface area contributed by atoms with Gasteiger partial charge in [0, 0.05) is 17.7 Å². The van der Waals surface area contributed by atoms with Crippen molar-refractivity contribution in [2.24, 2.45) is 0 Å². The van der Waals surface area contributed by atoms with Crippen molar-refractivity contribution in [2.45, 2.75) is 47.6 Å². The first-order chi connectivity index (χ1) is 9.93. The third-order valence-corrected chi connectivity index (χ3v) is 3.48. The molecular weight excluding hydrogens is 266 g/mol. The Bertz CT molecular complexity index is 616. The Labute approximate surface area is 125 Å². The van der Waals surface area contributed by atoms with Gasteiger partial charge in [0.2, 0.25) is 0 Å². The van der Waals surface area contributed by atoms with Gasteiger partial charge < -0.3 is 15.2 Å². The standard InChI is InChI=1S/C15H23N5O/c1-7-16-14-8(2)15(19-12(6)18-14)17-9(3)13-10(4)20-21-11(13)5/h9H,7H2,1-6H3,(H2,16,17,18,19). The van der Waals surface area contributed by atoms with Crippen LogP contribution in [0.1, 0.15) is 48.3 Å². The summed E-state index contributed by atoms with van der Waals surface area (Å²) in [5.74, 6) is 3.29. The Morgan fingerprint density at radius 2 is 1.76 bits per heavy atom. The van der Waals surface area contributed by atoms with Gasteiger partial charge >= 0.3 is 0 Å². The van der Waals surface area contributed by atoms with Crippen molar-refractivity contribution in [1.82, 2.24) is 15.1 Å². The van der Waals surface area contributed by atoms with E-state index < -0.39 is 0 Å². The molecule has 0 aromatic carbocycles. The van der Waals surface area contributed by atoms with Crippen LogP contribution in [-0.2, 0) is 0 Å². The molecule has 0 aliphatic heterocycles. The molecule has 1 atom stereocenters. The molecule has 0 aliphatic carbocycles. The maximum atomic E-state index is 5.24. The number of nitrogens with one attached hydrogen (secondary N) is 2. The number of anilines is 2.